The maximum Gasteiger partial charge on any atom is 0.311 e. The number of unbranched alkanes of at least 4 members (excludes halogenated alkanes) is 2. The number of esters is 4. The number of halogens is 5. The summed E-state index contributed by atoms with van der Waals surface area (Å²) in [4.78, 5) is 101. The van der Waals surface area contributed by atoms with Crippen molar-refractivity contribution in [1.82, 2.24) is 16.0 Å². The number of ether oxygens (including phenoxy) is 12. The molecular weight excluding hydrogens is 1270 g/mol. The van der Waals surface area contributed by atoms with E-state index in [0.717, 1.165) is 0 Å². The fourth-order valence-corrected chi connectivity index (χ4v) is 11.7. The van der Waals surface area contributed by atoms with Gasteiger partial charge < -0.3 is 72.8 Å². The Labute approximate surface area is 561 Å². The molecule has 3 aliphatic heterocycles. The average molecular weight is 1380 g/mol. The van der Waals surface area contributed by atoms with Crippen molar-refractivity contribution in [2.75, 3.05) is 79.2 Å². The molecule has 1 aromatic rings. The van der Waals surface area contributed by atoms with Crippen LogP contribution in [0.25, 0.3) is 0 Å². The van der Waals surface area contributed by atoms with Gasteiger partial charge in [-0.1, -0.05) is 68.7 Å². The lowest BCUT2D eigenvalue weighted by Gasteiger charge is -2.43. The van der Waals surface area contributed by atoms with Crippen molar-refractivity contribution >= 4 is 47.4 Å². The molecule has 3 heterocycles. The van der Waals surface area contributed by atoms with E-state index < -0.39 is 102 Å². The Bertz CT molecular complexity index is 2420. The topological polar surface area (TPSA) is 283 Å². The molecule has 3 aliphatic rings. The maximum atomic E-state index is 14.4. The van der Waals surface area contributed by atoms with Crippen LogP contribution in [0.2, 0.25) is 0 Å². The maximum absolute atomic E-state index is 14.4. The highest BCUT2D eigenvalue weighted by molar-refractivity contribution is 5.79. The normalized spacial score (nSPS) is 26.4. The van der Waals surface area contributed by atoms with E-state index in [9.17, 15) is 60.3 Å². The molecule has 0 aromatic heterocycles. The van der Waals surface area contributed by atoms with Gasteiger partial charge in [0.25, 0.3) is 0 Å². The van der Waals surface area contributed by atoms with Crippen LogP contribution in [0.15, 0.2) is 0 Å². The van der Waals surface area contributed by atoms with Gasteiger partial charge in [-0.2, -0.15) is 8.78 Å². The summed E-state index contributed by atoms with van der Waals surface area (Å²) in [6.07, 6.45) is -1.07. The summed E-state index contributed by atoms with van der Waals surface area (Å²) in [6, 6.07) is 0. The molecule has 23 nitrogen and oxygen atoms in total. The van der Waals surface area contributed by atoms with E-state index in [4.69, 9.17) is 52.1 Å². The third kappa shape index (κ3) is 27.7. The Hall–Kier alpha value is -5.49. The average Bonchev–Trinajstić information content (AvgIpc) is 0.818. The molecule has 3 saturated heterocycles. The minimum absolute atomic E-state index is 0.0202. The van der Waals surface area contributed by atoms with Gasteiger partial charge in [0.1, 0.15) is 25.6 Å². The van der Waals surface area contributed by atoms with Crippen molar-refractivity contribution < 1.29 is 117 Å². The minimum Gasteiger partial charge on any atom is -0.463 e. The molecule has 96 heavy (non-hydrogen) atoms. The fraction of sp³-hybridized carbons (Fsp3) is 0.794. The van der Waals surface area contributed by atoms with E-state index >= 15 is 0 Å². The van der Waals surface area contributed by atoms with Gasteiger partial charge in [-0.25, -0.2) is 13.2 Å². The molecule has 0 saturated carbocycles. The van der Waals surface area contributed by atoms with Crippen molar-refractivity contribution in [3.05, 3.63) is 29.1 Å². The molecule has 15 atom stereocenters. The van der Waals surface area contributed by atoms with Crippen LogP contribution in [0.4, 0.5) is 22.0 Å². The standard InChI is InChI=1S/C68H106F5N3O20/c1-39-42(4)52(34-90-48(10)77)93-65(45(39)7)87-29-16-14-21-51(80)20-13-15-26-68(76-57(83)22-17-23-58(84)96-64-62(72)60(70)59(69)61(71)63(64)73,37-85-32-24-55(81)74-27-18-30-88-66-46(8)40(2)43(5)53(94-66)35-91-49(11)78)38-86-33-25-56(82)75-28-19-31-89-67-47(9)41(3)44(6)54(95-67)36-92-50(12)79/h39-47,52-54,65-67H,13-38H2,1-12H3,(H,74,81)(H,75,82)(H,76,83)/t39-,40-,41-,42+,43+,44+,45?,46?,47?,52?,53?,54?,65+,66+,67+,68?/m0/s1. The molecular formula is C68H106F5N3O20. The van der Waals surface area contributed by atoms with E-state index in [-0.39, 0.29) is 200 Å². The Morgan fingerprint density at radius 1 is 0.406 bits per heavy atom. The van der Waals surface area contributed by atoms with Crippen LogP contribution in [0.5, 0.6) is 5.75 Å². The molecule has 0 radical (unpaired) electrons. The van der Waals surface area contributed by atoms with Gasteiger partial charge in [0, 0.05) is 96.7 Å². The van der Waals surface area contributed by atoms with Gasteiger partial charge in [0.15, 0.2) is 18.9 Å². The molecule has 3 amide bonds. The molecule has 548 valence electrons. The smallest absolute Gasteiger partial charge is 0.311 e. The summed E-state index contributed by atoms with van der Waals surface area (Å²) in [5, 5.41) is 8.60. The Morgan fingerprint density at radius 3 is 1.18 bits per heavy atom. The van der Waals surface area contributed by atoms with E-state index in [1.807, 2.05) is 41.5 Å². The van der Waals surface area contributed by atoms with Gasteiger partial charge in [-0.15, -0.1) is 0 Å². The Morgan fingerprint density at radius 2 is 0.781 bits per heavy atom. The van der Waals surface area contributed by atoms with Crippen LogP contribution < -0.4 is 20.7 Å². The number of hydrogen-bond acceptors (Lipinski definition) is 20. The summed E-state index contributed by atoms with van der Waals surface area (Å²) >= 11 is 0. The first-order valence-electron chi connectivity index (χ1n) is 33.9. The van der Waals surface area contributed by atoms with Gasteiger partial charge in [-0.05, 0) is 80.5 Å². The number of ketones is 1. The number of hydrogen-bond donors (Lipinski definition) is 3. The fourth-order valence-electron chi connectivity index (χ4n) is 11.7. The van der Waals surface area contributed by atoms with Gasteiger partial charge in [-0.3, -0.25) is 38.4 Å². The number of rotatable bonds is 43. The highest BCUT2D eigenvalue weighted by Crippen LogP contribution is 2.39. The highest BCUT2D eigenvalue weighted by atomic mass is 19.2. The summed E-state index contributed by atoms with van der Waals surface area (Å²) < 4.78 is 139. The van der Waals surface area contributed by atoms with Crippen LogP contribution in [0.3, 0.4) is 0 Å². The lowest BCUT2D eigenvalue weighted by Crippen LogP contribution is -2.55. The first-order chi connectivity index (χ1) is 45.5. The molecule has 4 rings (SSSR count). The minimum atomic E-state index is -2.44. The van der Waals surface area contributed by atoms with Gasteiger partial charge in [0.05, 0.1) is 63.5 Å². The predicted molar refractivity (Wildman–Crippen MR) is 336 cm³/mol. The van der Waals surface area contributed by atoms with E-state index in [0.29, 0.717) is 45.1 Å². The van der Waals surface area contributed by atoms with E-state index in [2.05, 4.69) is 41.5 Å². The van der Waals surface area contributed by atoms with Crippen molar-refractivity contribution in [1.29, 1.82) is 0 Å². The van der Waals surface area contributed by atoms with Crippen LogP contribution in [0.1, 0.15) is 173 Å². The summed E-state index contributed by atoms with van der Waals surface area (Å²) in [5.41, 5.74) is -1.39. The first kappa shape index (κ1) is 82.9. The molecule has 3 N–H and O–H groups in total. The molecule has 1 aromatic carbocycles. The molecule has 0 bridgehead atoms. The van der Waals surface area contributed by atoms with Gasteiger partial charge >= 0.3 is 23.9 Å². The van der Waals surface area contributed by atoms with Crippen molar-refractivity contribution in [2.24, 2.45) is 53.3 Å². The third-order valence-electron chi connectivity index (χ3n) is 18.9. The second-order valence-corrected chi connectivity index (χ2v) is 26.2. The zero-order chi connectivity index (χ0) is 71.2. The Kier molecular flexibility index (Phi) is 36.7. The molecule has 28 heteroatoms. The van der Waals surface area contributed by atoms with Crippen molar-refractivity contribution in [2.45, 2.75) is 216 Å². The van der Waals surface area contributed by atoms with E-state index in [1.165, 1.54) is 20.8 Å². The van der Waals surface area contributed by atoms with Crippen molar-refractivity contribution in [3.63, 3.8) is 0 Å². The van der Waals surface area contributed by atoms with Crippen LogP contribution in [-0.4, -0.2) is 169 Å². The number of nitrogens with one attached hydrogen (secondary N) is 3. The molecule has 3 fully saturated rings. The molecule has 6 unspecified atom stereocenters. The molecule has 0 spiro atoms. The number of Topliss-reactive ketones (excluding diaryl/α,β-unsaturated/α-hetero) is 1. The summed E-state index contributed by atoms with van der Waals surface area (Å²) in [6.45, 7) is 23.4. The monoisotopic (exact) mass is 1380 g/mol. The SMILES string of the molecule is CC(=O)OCC1O[C@@H](OCCCCC(=O)CCCCC(COCCC(=O)NCCCO[C@@H]2OC(COC(C)=O)[C@H](C)[C@H](C)C2C)(COCCC(=O)NCCCO[C@@H]2OC(COC(C)=O)[C@H](C)[C@H](C)C2C)NC(=O)CCCC(=O)Oc2c(F)c(F)c(F)c(F)c2F)C(C)[C@@H](C)[C@H]1C. The van der Waals surface area contributed by atoms with Crippen LogP contribution in [-0.2, 0) is 90.5 Å². The van der Waals surface area contributed by atoms with E-state index in [1.54, 1.807) is 0 Å². The van der Waals surface area contributed by atoms with Crippen LogP contribution >= 0.6 is 0 Å². The van der Waals surface area contributed by atoms with Crippen molar-refractivity contribution in [3.8, 4) is 5.75 Å². The highest BCUT2D eigenvalue weighted by Gasteiger charge is 2.43. The first-order valence-corrected chi connectivity index (χ1v) is 33.9. The number of amides is 3. The lowest BCUT2D eigenvalue weighted by molar-refractivity contribution is -0.255. The largest absolute Gasteiger partial charge is 0.463 e. The zero-order valence-corrected chi connectivity index (χ0v) is 58.1. The van der Waals surface area contributed by atoms with Gasteiger partial charge in [0.2, 0.25) is 52.6 Å². The second kappa shape index (κ2) is 42.5. The predicted octanol–water partition coefficient (Wildman–Crippen LogP) is 9.08. The Balaban J connectivity index is 1.40. The second-order valence-electron chi connectivity index (χ2n) is 26.2. The number of carbonyl (C=O) groups is 8. The number of carbonyl (C=O) groups excluding carboxylic acids is 8. The third-order valence-corrected chi connectivity index (χ3v) is 18.9. The number of benzene rings is 1. The summed E-state index contributed by atoms with van der Waals surface area (Å²) in [7, 11) is 0. The summed E-state index contributed by atoms with van der Waals surface area (Å²) in [5.74, 6) is -16.4. The zero-order valence-electron chi connectivity index (χ0n) is 58.1. The van der Waals surface area contributed by atoms with Crippen LogP contribution in [0, 0.1) is 82.3 Å². The molecule has 0 aliphatic carbocycles. The lowest BCUT2D eigenvalue weighted by atomic mass is 9.79. The quantitative estimate of drug-likeness (QED) is 0.0104.